The molecular formula is C13H16ClO5P. The van der Waals surface area contributed by atoms with Crippen molar-refractivity contribution in [3.05, 3.63) is 21.8 Å². The molecule has 0 fully saturated rings. The molecule has 110 valence electrons. The molecule has 2 heterocycles. The van der Waals surface area contributed by atoms with Gasteiger partial charge in [-0.1, -0.05) is 11.6 Å². The second kappa shape index (κ2) is 5.05. The van der Waals surface area contributed by atoms with Crippen molar-refractivity contribution in [2.45, 2.75) is 12.6 Å². The smallest absolute Gasteiger partial charge is 0.335 e. The van der Waals surface area contributed by atoms with Gasteiger partial charge in [-0.15, -0.1) is 0 Å². The topological polar surface area (TPSA) is 69.7 Å². The summed E-state index contributed by atoms with van der Waals surface area (Å²) in [5, 5.41) is 0.483. The summed E-state index contributed by atoms with van der Waals surface area (Å²) in [4.78, 5) is 24.0. The van der Waals surface area contributed by atoms with Crippen molar-refractivity contribution in [3.8, 4) is 0 Å². The predicted octanol–water partition coefficient (Wildman–Crippen LogP) is 2.15. The third-order valence-corrected chi connectivity index (χ3v) is 7.30. The molecule has 3 unspecified atom stereocenters. The molecule has 0 N–H and O–H groups in total. The Hall–Kier alpha value is -1.06. The van der Waals surface area contributed by atoms with Crippen molar-refractivity contribution in [1.82, 2.24) is 0 Å². The molecule has 7 heteroatoms. The zero-order chi connectivity index (χ0) is 15.2. The van der Waals surface area contributed by atoms with Crippen LogP contribution in [0, 0.1) is 5.92 Å². The Balaban J connectivity index is 2.73. The average Bonchev–Trinajstić information content (AvgIpc) is 2.40. The first-order valence-corrected chi connectivity index (χ1v) is 8.88. The van der Waals surface area contributed by atoms with Gasteiger partial charge in [0.25, 0.3) is 0 Å². The molecule has 3 aliphatic rings. The molecule has 0 radical (unpaired) electrons. The van der Waals surface area contributed by atoms with E-state index in [9.17, 15) is 14.2 Å². The number of hydrogen-bond acceptors (Lipinski definition) is 5. The van der Waals surface area contributed by atoms with Gasteiger partial charge in [-0.2, -0.15) is 0 Å². The van der Waals surface area contributed by atoms with Crippen molar-refractivity contribution in [1.29, 1.82) is 0 Å². The van der Waals surface area contributed by atoms with Crippen LogP contribution in [-0.4, -0.2) is 44.6 Å². The van der Waals surface area contributed by atoms with E-state index in [4.69, 9.17) is 21.1 Å². The van der Waals surface area contributed by atoms with Crippen LogP contribution in [0.15, 0.2) is 21.8 Å². The maximum atomic E-state index is 12.8. The standard InChI is InChI=1S/C13H16ClO5P/c1-6-10(14)7-5-20(4,17)11(6)9(13(16)19-3)8(7)12(15)18-2/h7,11H,5H2,1-4H3. The summed E-state index contributed by atoms with van der Waals surface area (Å²) >= 11 is 6.26. The van der Waals surface area contributed by atoms with E-state index in [2.05, 4.69) is 0 Å². The number of hydrogen-bond donors (Lipinski definition) is 0. The fourth-order valence-corrected chi connectivity index (χ4v) is 6.63. The first kappa shape index (κ1) is 15.3. The number of allylic oxidation sites excluding steroid dienone is 2. The Morgan fingerprint density at radius 3 is 2.20 bits per heavy atom. The van der Waals surface area contributed by atoms with Gasteiger partial charge in [0.2, 0.25) is 0 Å². The molecule has 0 amide bonds. The van der Waals surface area contributed by atoms with E-state index in [0.717, 1.165) is 0 Å². The highest BCUT2D eigenvalue weighted by molar-refractivity contribution is 7.64. The number of rotatable bonds is 2. The lowest BCUT2D eigenvalue weighted by Crippen LogP contribution is -2.40. The SMILES string of the molecule is COC(=O)C1=C(C(=O)OC)C2C(C)=C(Cl)C1CP2(C)=O. The van der Waals surface area contributed by atoms with Crippen LogP contribution < -0.4 is 0 Å². The van der Waals surface area contributed by atoms with Gasteiger partial charge in [0.05, 0.1) is 38.2 Å². The fourth-order valence-electron chi connectivity index (χ4n) is 3.10. The number of halogens is 1. The third-order valence-electron chi connectivity index (χ3n) is 3.91. The summed E-state index contributed by atoms with van der Waals surface area (Å²) < 4.78 is 22.3. The molecule has 3 rings (SSSR count). The maximum Gasteiger partial charge on any atom is 0.335 e. The lowest BCUT2D eigenvalue weighted by atomic mass is 9.83. The molecule has 20 heavy (non-hydrogen) atoms. The Bertz CT molecular complexity index is 604. The molecule has 2 bridgehead atoms. The van der Waals surface area contributed by atoms with Crippen LogP contribution >= 0.6 is 18.7 Å². The molecule has 2 aliphatic heterocycles. The molecule has 0 saturated carbocycles. The van der Waals surface area contributed by atoms with Gasteiger partial charge in [0.15, 0.2) is 0 Å². The van der Waals surface area contributed by atoms with E-state index < -0.39 is 30.7 Å². The van der Waals surface area contributed by atoms with Gasteiger partial charge >= 0.3 is 11.9 Å². The quantitative estimate of drug-likeness (QED) is 0.576. The van der Waals surface area contributed by atoms with Crippen molar-refractivity contribution in [2.75, 3.05) is 27.0 Å². The zero-order valence-corrected chi connectivity index (χ0v) is 13.4. The van der Waals surface area contributed by atoms with E-state index >= 15 is 0 Å². The third kappa shape index (κ3) is 2.04. The van der Waals surface area contributed by atoms with Crippen LogP contribution in [0.1, 0.15) is 6.92 Å². The molecule has 5 nitrogen and oxygen atoms in total. The minimum absolute atomic E-state index is 0.142. The van der Waals surface area contributed by atoms with Gasteiger partial charge in [-0.25, -0.2) is 9.59 Å². The van der Waals surface area contributed by atoms with Gasteiger partial charge in [-0.3, -0.25) is 0 Å². The first-order chi connectivity index (χ1) is 9.26. The lowest BCUT2D eigenvalue weighted by molar-refractivity contribution is -0.139. The van der Waals surface area contributed by atoms with Crippen LogP contribution in [0.3, 0.4) is 0 Å². The molecule has 0 saturated heterocycles. The Morgan fingerprint density at radius 1 is 1.20 bits per heavy atom. The molecule has 1 aliphatic carbocycles. The Kier molecular flexibility index (Phi) is 3.87. The average molecular weight is 319 g/mol. The number of carbonyl (C=O) groups excluding carboxylic acids is 2. The van der Waals surface area contributed by atoms with Gasteiger partial charge in [0.1, 0.15) is 0 Å². The Morgan fingerprint density at radius 2 is 1.70 bits per heavy atom. The van der Waals surface area contributed by atoms with Crippen LogP contribution in [-0.2, 0) is 23.6 Å². The fraction of sp³-hybridized carbons (Fsp3) is 0.538. The van der Waals surface area contributed by atoms with Crippen LogP contribution in [0.25, 0.3) is 0 Å². The summed E-state index contributed by atoms with van der Waals surface area (Å²) in [5.74, 6) is -1.81. The van der Waals surface area contributed by atoms with Crippen molar-refractivity contribution in [2.24, 2.45) is 5.92 Å². The summed E-state index contributed by atoms with van der Waals surface area (Å²) in [7, 11) is -0.191. The van der Waals surface area contributed by atoms with Gasteiger partial charge in [-0.05, 0) is 19.2 Å². The summed E-state index contributed by atoms with van der Waals surface area (Å²) in [6.07, 6.45) is 0.277. The largest absolute Gasteiger partial charge is 0.466 e. The summed E-state index contributed by atoms with van der Waals surface area (Å²) in [5.41, 5.74) is 0.361. The van der Waals surface area contributed by atoms with Crippen LogP contribution in [0.2, 0.25) is 0 Å². The van der Waals surface area contributed by atoms with E-state index in [1.54, 1.807) is 13.6 Å². The van der Waals surface area contributed by atoms with Crippen molar-refractivity contribution >= 4 is 30.7 Å². The normalized spacial score (nSPS) is 32.5. The number of methoxy groups -OCH3 is 2. The molecule has 0 aromatic rings. The van der Waals surface area contributed by atoms with Crippen LogP contribution in [0.4, 0.5) is 0 Å². The monoisotopic (exact) mass is 318 g/mol. The Labute approximate surface area is 122 Å². The molecule has 0 spiro atoms. The van der Waals surface area contributed by atoms with Gasteiger partial charge in [0, 0.05) is 17.1 Å². The van der Waals surface area contributed by atoms with E-state index in [-0.39, 0.29) is 17.3 Å². The highest BCUT2D eigenvalue weighted by atomic mass is 35.5. The molecule has 3 atom stereocenters. The predicted molar refractivity (Wildman–Crippen MR) is 75.3 cm³/mol. The number of carbonyl (C=O) groups is 2. The number of fused-ring (bicyclic) bond motifs is 1. The summed E-state index contributed by atoms with van der Waals surface area (Å²) in [6.45, 7) is 3.38. The molecule has 0 aromatic heterocycles. The van der Waals surface area contributed by atoms with E-state index in [1.807, 2.05) is 0 Å². The molecular weight excluding hydrogens is 303 g/mol. The van der Waals surface area contributed by atoms with Crippen molar-refractivity contribution in [3.63, 3.8) is 0 Å². The van der Waals surface area contributed by atoms with Crippen LogP contribution in [0.5, 0.6) is 0 Å². The van der Waals surface area contributed by atoms with E-state index in [1.165, 1.54) is 14.2 Å². The second-order valence-corrected chi connectivity index (χ2v) is 8.79. The minimum atomic E-state index is -2.66. The second-order valence-electron chi connectivity index (χ2n) is 5.15. The van der Waals surface area contributed by atoms with E-state index in [0.29, 0.717) is 10.6 Å². The first-order valence-electron chi connectivity index (χ1n) is 6.09. The number of ether oxygens (including phenoxy) is 2. The van der Waals surface area contributed by atoms with Crippen molar-refractivity contribution < 1.29 is 23.6 Å². The van der Waals surface area contributed by atoms with Gasteiger partial charge < -0.3 is 14.0 Å². The number of esters is 2. The zero-order valence-electron chi connectivity index (χ0n) is 11.7. The minimum Gasteiger partial charge on any atom is -0.466 e. The lowest BCUT2D eigenvalue weighted by Gasteiger charge is -2.42. The maximum absolute atomic E-state index is 12.8. The summed E-state index contributed by atoms with van der Waals surface area (Å²) in [6, 6.07) is 0. The highest BCUT2D eigenvalue weighted by Crippen LogP contribution is 2.64. The highest BCUT2D eigenvalue weighted by Gasteiger charge is 2.53. The molecule has 0 aromatic carbocycles.